The fourth-order valence-corrected chi connectivity index (χ4v) is 0.0722. The van der Waals surface area contributed by atoms with Gasteiger partial charge >= 0.3 is 0 Å². The average Bonchev–Trinajstić information content (AvgIpc) is 2.22. The molecule has 0 aliphatic rings. The van der Waals surface area contributed by atoms with Crippen molar-refractivity contribution >= 4 is 25.8 Å². The third-order valence-electron chi connectivity index (χ3n) is 0.351. The second kappa shape index (κ2) is 65.8. The van der Waals surface area contributed by atoms with Gasteiger partial charge in [0.25, 0.3) is 0 Å². The molecule has 1 radical (unpaired) electrons. The Labute approximate surface area is 119 Å². The summed E-state index contributed by atoms with van der Waals surface area (Å²) < 4.78 is 0. The fourth-order valence-electron chi connectivity index (χ4n) is 0.0722. The summed E-state index contributed by atoms with van der Waals surface area (Å²) in [6, 6.07) is 0. The molecule has 4 N–H and O–H groups in total. The van der Waals surface area contributed by atoms with Crippen molar-refractivity contribution in [1.82, 2.24) is 10.6 Å². The van der Waals surface area contributed by atoms with Crippen LogP contribution in [0.3, 0.4) is 0 Å². The summed E-state index contributed by atoms with van der Waals surface area (Å²) in [6.45, 7) is 3.51. The number of nitrogens with one attached hydrogen (secondary N) is 2. The van der Waals surface area contributed by atoms with Gasteiger partial charge in [0.05, 0.1) is 0 Å². The summed E-state index contributed by atoms with van der Waals surface area (Å²) >= 11 is 0. The summed E-state index contributed by atoms with van der Waals surface area (Å²) in [5.74, 6) is 0. The molecule has 8 nitrogen and oxygen atoms in total. The van der Waals surface area contributed by atoms with Crippen LogP contribution in [-0.4, -0.2) is 49.6 Å². The van der Waals surface area contributed by atoms with Crippen LogP contribution in [0, 0.1) is 0 Å². The first-order valence-corrected chi connectivity index (χ1v) is 3.32. The van der Waals surface area contributed by atoms with Gasteiger partial charge in [-0.3, -0.25) is 0 Å². The Morgan fingerprint density at radius 3 is 1.25 bits per heavy atom. The second-order valence-electron chi connectivity index (χ2n) is 1.17. The molecule has 93 valence electrons. The molecule has 2 amide bonds. The standard InChI is InChI=1S/C3H6NO.C2H4NO.2CHO2.Y/c1-2-4-3-5;1-3-2-4;2*2-1-3;/h2H2,1H3,(H,4,5);1H3,(H,3,4);2*(H,2,3);/q4*-1;. The smallest absolute Gasteiger partial charge is 0 e. The van der Waals surface area contributed by atoms with E-state index in [-0.39, 0.29) is 32.7 Å². The van der Waals surface area contributed by atoms with Crippen LogP contribution in [-0.2, 0) is 51.9 Å². The molecule has 0 rings (SSSR count). The minimum atomic E-state index is 0. The number of rotatable bonds is 3. The van der Waals surface area contributed by atoms with Crippen LogP contribution in [0.2, 0.25) is 0 Å². The van der Waals surface area contributed by atoms with Crippen molar-refractivity contribution < 1.29 is 62.1 Å². The Kier molecular flexibility index (Phi) is 121. The first kappa shape index (κ1) is 29.4. The molecule has 0 aliphatic carbocycles. The topological polar surface area (TPSA) is 133 Å². The van der Waals surface area contributed by atoms with E-state index >= 15 is 0 Å². The Morgan fingerprint density at radius 1 is 1.00 bits per heavy atom. The van der Waals surface area contributed by atoms with Gasteiger partial charge in [-0.1, -0.05) is 19.9 Å². The summed E-state index contributed by atoms with van der Waals surface area (Å²) in [5, 5.41) is 18.0. The van der Waals surface area contributed by atoms with E-state index in [4.69, 9.17) is 29.4 Å². The molecule has 0 aromatic rings. The summed E-state index contributed by atoms with van der Waals surface area (Å²) in [4.78, 5) is 34.6. The molecule has 0 spiro atoms. The van der Waals surface area contributed by atoms with Crippen molar-refractivity contribution in [2.75, 3.05) is 13.6 Å². The summed E-state index contributed by atoms with van der Waals surface area (Å²) in [7, 11) is 1.51. The molecule has 0 saturated carbocycles. The molecular formula is C7H12N2O6Y-4. The maximum atomic E-state index is 9.17. The van der Waals surface area contributed by atoms with E-state index in [1.807, 2.05) is 6.92 Å². The summed E-state index contributed by atoms with van der Waals surface area (Å²) in [6.07, 6.45) is 2.95. The quantitative estimate of drug-likeness (QED) is 0.357. The molecule has 9 heteroatoms. The van der Waals surface area contributed by atoms with Crippen molar-refractivity contribution in [3.63, 3.8) is 0 Å². The Bertz CT molecular complexity index is 130. The molecule has 0 fully saturated rings. The molecule has 0 heterocycles. The Balaban J connectivity index is -0.0000000338. The summed E-state index contributed by atoms with van der Waals surface area (Å²) in [5.41, 5.74) is 0. The minimum absolute atomic E-state index is 0. The zero-order chi connectivity index (χ0) is 12.9. The zero-order valence-corrected chi connectivity index (χ0v) is 11.7. The molecule has 0 aromatic carbocycles. The van der Waals surface area contributed by atoms with Crippen LogP contribution in [0.1, 0.15) is 6.92 Å². The van der Waals surface area contributed by atoms with Gasteiger partial charge in [0.1, 0.15) is 0 Å². The van der Waals surface area contributed by atoms with Crippen LogP contribution >= 0.6 is 0 Å². The predicted octanol–water partition coefficient (Wildman–Crippen LogP) is -1.84. The first-order valence-electron chi connectivity index (χ1n) is 3.32. The van der Waals surface area contributed by atoms with Crippen LogP contribution in [0.5, 0.6) is 0 Å². The number of carbonyl (C=O) groups excluding carboxylic acids is 2. The maximum absolute atomic E-state index is 9.17. The van der Waals surface area contributed by atoms with Gasteiger partial charge < -0.3 is 40.0 Å². The van der Waals surface area contributed by atoms with Crippen LogP contribution in [0.4, 0.5) is 0 Å². The first-order chi connectivity index (χ1) is 7.16. The van der Waals surface area contributed by atoms with Gasteiger partial charge in [-0.15, -0.1) is 0 Å². The zero-order valence-electron chi connectivity index (χ0n) is 8.81. The van der Waals surface area contributed by atoms with Gasteiger partial charge in [-0.25, -0.2) is 0 Å². The molecule has 0 saturated heterocycles. The molecule has 0 bridgehead atoms. The molecule has 16 heavy (non-hydrogen) atoms. The van der Waals surface area contributed by atoms with Crippen molar-refractivity contribution in [3.8, 4) is 0 Å². The van der Waals surface area contributed by atoms with Gasteiger partial charge in [0.2, 0.25) is 0 Å². The average molecular weight is 309 g/mol. The van der Waals surface area contributed by atoms with E-state index in [0.29, 0.717) is 19.5 Å². The SMILES string of the molecule is CCN[C-]=O.CN[C-]=O.O=[C-]O.O=[C-]O.[Y]. The third kappa shape index (κ3) is 474. The van der Waals surface area contributed by atoms with Crippen LogP contribution in [0.15, 0.2) is 0 Å². The van der Waals surface area contributed by atoms with E-state index in [1.54, 1.807) is 0 Å². The molecular weight excluding hydrogens is 297 g/mol. The van der Waals surface area contributed by atoms with E-state index in [1.165, 1.54) is 19.9 Å². The predicted molar refractivity (Wildman–Crippen MR) is 50.8 cm³/mol. The maximum Gasteiger partial charge on any atom is 0 e. The largest absolute Gasteiger partial charge is 0.665 e. The number of hydrogen-bond acceptors (Lipinski definition) is 4. The second-order valence-corrected chi connectivity index (χ2v) is 1.17. The van der Waals surface area contributed by atoms with Gasteiger partial charge in [0, 0.05) is 32.7 Å². The number of amides is 2. The van der Waals surface area contributed by atoms with Crippen molar-refractivity contribution in [3.05, 3.63) is 0 Å². The Hall–Kier alpha value is -1.02. The van der Waals surface area contributed by atoms with Gasteiger partial charge in [-0.2, -0.15) is 12.8 Å². The molecule has 0 aromatic heterocycles. The van der Waals surface area contributed by atoms with E-state index < -0.39 is 0 Å². The van der Waals surface area contributed by atoms with Crippen molar-refractivity contribution in [2.45, 2.75) is 6.92 Å². The van der Waals surface area contributed by atoms with E-state index in [2.05, 4.69) is 10.6 Å². The van der Waals surface area contributed by atoms with Crippen LogP contribution in [0.25, 0.3) is 0 Å². The third-order valence-corrected chi connectivity index (χ3v) is 0.351. The van der Waals surface area contributed by atoms with Gasteiger partial charge in [0.15, 0.2) is 0 Å². The molecule has 0 unspecified atom stereocenters. The Morgan fingerprint density at radius 2 is 1.25 bits per heavy atom. The normalized spacial score (nSPS) is 4.88. The van der Waals surface area contributed by atoms with Crippen molar-refractivity contribution in [2.24, 2.45) is 0 Å². The van der Waals surface area contributed by atoms with Crippen LogP contribution < -0.4 is 10.6 Å². The number of aliphatic hydroxyl groups excluding tert-OH is 2. The minimum Gasteiger partial charge on any atom is -0.665 e. The molecule has 0 atom stereocenters. The monoisotopic (exact) mass is 309 g/mol. The van der Waals surface area contributed by atoms with Gasteiger partial charge in [-0.05, 0) is 13.6 Å². The number of hydrogen-bond donors (Lipinski definition) is 4. The van der Waals surface area contributed by atoms with E-state index in [9.17, 15) is 0 Å². The van der Waals surface area contributed by atoms with E-state index in [0.717, 1.165) is 0 Å². The molecule has 0 aliphatic heterocycles. The van der Waals surface area contributed by atoms with Crippen molar-refractivity contribution in [1.29, 1.82) is 0 Å². The fraction of sp³-hybridized carbons (Fsp3) is 0.429.